The summed E-state index contributed by atoms with van der Waals surface area (Å²) in [6.07, 6.45) is 0. The molecule has 2 aromatic carbocycles. The molecule has 6 nitrogen and oxygen atoms in total. The molecule has 1 unspecified atom stereocenters. The van der Waals surface area contributed by atoms with Crippen molar-refractivity contribution in [2.24, 2.45) is 0 Å². The van der Waals surface area contributed by atoms with E-state index >= 15 is 0 Å². The largest absolute Gasteiger partial charge is 0.500 e. The summed E-state index contributed by atoms with van der Waals surface area (Å²) in [5.41, 5.74) is 3.90. The summed E-state index contributed by atoms with van der Waals surface area (Å²) in [5, 5.41) is 14.9. The van der Waals surface area contributed by atoms with Crippen LogP contribution in [0, 0.1) is 0 Å². The number of amides is 2. The number of halogens is 2. The van der Waals surface area contributed by atoms with Crippen molar-refractivity contribution in [3.8, 4) is 0 Å². The van der Waals surface area contributed by atoms with Gasteiger partial charge in [-0.05, 0) is 48.0 Å². The molecule has 3 rings (SSSR count). The van der Waals surface area contributed by atoms with Crippen LogP contribution in [-0.2, 0) is 6.54 Å². The molecule has 142 valence electrons. The zero-order chi connectivity index (χ0) is 19.6. The number of likely N-dealkylation sites (N-methyl/N-ethyl adjacent to an activating group) is 1. The number of carbonyl (C=O) groups excluding carboxylic acids is 1. The molecule has 1 aliphatic rings. The first kappa shape index (κ1) is 19.5. The Kier molecular flexibility index (Phi) is 5.89. The minimum absolute atomic E-state index is 0.124. The van der Waals surface area contributed by atoms with Crippen molar-refractivity contribution in [1.82, 2.24) is 10.2 Å². The number of nitrogens with zero attached hydrogens (tertiary/aromatic N) is 1. The third-order valence-corrected chi connectivity index (χ3v) is 5.03. The Balaban J connectivity index is 1.80. The van der Waals surface area contributed by atoms with Gasteiger partial charge in [0, 0.05) is 34.7 Å². The number of nitrogens with one attached hydrogen (secondary N) is 2. The number of carboxylic acids is 1. The number of hydrogen-bond donors (Lipinski definition) is 3. The van der Waals surface area contributed by atoms with Crippen molar-refractivity contribution < 1.29 is 14.7 Å². The van der Waals surface area contributed by atoms with E-state index in [1.807, 2.05) is 18.2 Å². The van der Waals surface area contributed by atoms with Gasteiger partial charge in [0.25, 0.3) is 0 Å². The van der Waals surface area contributed by atoms with E-state index in [9.17, 15) is 4.79 Å². The first-order valence-electron chi connectivity index (χ1n) is 8.38. The van der Waals surface area contributed by atoms with Gasteiger partial charge in [-0.2, -0.15) is 0 Å². The molecule has 0 radical (unpaired) electrons. The number of anilines is 1. The summed E-state index contributed by atoms with van der Waals surface area (Å²) < 4.78 is 0. The Hall–Kier alpha value is -2.28. The SMILES string of the molecule is CN1Cc2c(Cl)cc(Cl)cc2C(c2ccc(NC(=O)NCC(O)=[OH+])cc2)C1. The van der Waals surface area contributed by atoms with Gasteiger partial charge in [0.2, 0.25) is 0 Å². The molecule has 0 fully saturated rings. The van der Waals surface area contributed by atoms with Gasteiger partial charge in [-0.15, -0.1) is 0 Å². The van der Waals surface area contributed by atoms with Gasteiger partial charge in [0.1, 0.15) is 0 Å². The summed E-state index contributed by atoms with van der Waals surface area (Å²) in [6.45, 7) is 1.29. The van der Waals surface area contributed by atoms with Crippen LogP contribution < -0.4 is 10.6 Å². The lowest BCUT2D eigenvalue weighted by Crippen LogP contribution is -2.33. The van der Waals surface area contributed by atoms with E-state index in [0.717, 1.165) is 29.8 Å². The van der Waals surface area contributed by atoms with Gasteiger partial charge in [-0.3, -0.25) is 0 Å². The average molecular weight is 409 g/mol. The lowest BCUT2D eigenvalue weighted by atomic mass is 9.85. The van der Waals surface area contributed by atoms with Gasteiger partial charge in [-0.25, -0.2) is 4.79 Å². The van der Waals surface area contributed by atoms with Crippen LogP contribution in [0.3, 0.4) is 0 Å². The van der Waals surface area contributed by atoms with Crippen LogP contribution in [0.25, 0.3) is 0 Å². The number of urea groups is 1. The van der Waals surface area contributed by atoms with Crippen molar-refractivity contribution >= 4 is 40.9 Å². The van der Waals surface area contributed by atoms with E-state index in [4.69, 9.17) is 33.1 Å². The summed E-state index contributed by atoms with van der Waals surface area (Å²) in [5.74, 6) is -0.725. The number of fused-ring (bicyclic) bond motifs is 1. The molecule has 0 saturated heterocycles. The second-order valence-corrected chi connectivity index (χ2v) is 7.39. The fraction of sp³-hybridized carbons (Fsp3) is 0.263. The van der Waals surface area contributed by atoms with E-state index in [0.29, 0.717) is 15.7 Å². The van der Waals surface area contributed by atoms with Crippen LogP contribution in [0.15, 0.2) is 36.4 Å². The molecule has 0 aliphatic carbocycles. The third-order valence-electron chi connectivity index (χ3n) is 4.47. The van der Waals surface area contributed by atoms with Gasteiger partial charge in [0.05, 0.1) is 0 Å². The highest BCUT2D eigenvalue weighted by Gasteiger charge is 2.27. The molecule has 0 aromatic heterocycles. The number of hydrogen-bond acceptors (Lipinski definition) is 2. The molecule has 1 atom stereocenters. The lowest BCUT2D eigenvalue weighted by molar-refractivity contribution is 0.252. The van der Waals surface area contributed by atoms with Crippen LogP contribution in [0.1, 0.15) is 22.6 Å². The minimum atomic E-state index is -0.849. The van der Waals surface area contributed by atoms with Crippen LogP contribution in [0.4, 0.5) is 10.5 Å². The first-order valence-corrected chi connectivity index (χ1v) is 9.14. The molecular weight excluding hydrogens is 389 g/mol. The third kappa shape index (κ3) is 4.71. The Labute approximate surface area is 167 Å². The Morgan fingerprint density at radius 1 is 1.30 bits per heavy atom. The maximum absolute atomic E-state index is 11.7. The number of aliphatic carboxylic acids is 1. The van der Waals surface area contributed by atoms with Gasteiger partial charge >= 0.3 is 12.0 Å². The topological polar surface area (TPSA) is 86.0 Å². The van der Waals surface area contributed by atoms with Crippen molar-refractivity contribution in [1.29, 1.82) is 0 Å². The quantitative estimate of drug-likeness (QED) is 0.673. The van der Waals surface area contributed by atoms with Crippen LogP contribution in [0.2, 0.25) is 10.0 Å². The molecule has 2 amide bonds. The molecule has 0 saturated carbocycles. The maximum atomic E-state index is 11.7. The molecule has 0 bridgehead atoms. The predicted octanol–water partition coefficient (Wildman–Crippen LogP) is 3.75. The zero-order valence-corrected chi connectivity index (χ0v) is 16.2. The fourth-order valence-electron chi connectivity index (χ4n) is 3.26. The molecule has 8 heteroatoms. The smallest absolute Gasteiger partial charge is 0.338 e. The molecule has 0 spiro atoms. The molecule has 2 aromatic rings. The lowest BCUT2D eigenvalue weighted by Gasteiger charge is -2.33. The van der Waals surface area contributed by atoms with E-state index < -0.39 is 12.0 Å². The first-order chi connectivity index (χ1) is 12.8. The number of benzene rings is 2. The molecule has 27 heavy (non-hydrogen) atoms. The predicted molar refractivity (Wildman–Crippen MR) is 108 cm³/mol. The normalized spacial score (nSPS) is 16.5. The van der Waals surface area contributed by atoms with Crippen LogP contribution in [0.5, 0.6) is 0 Å². The van der Waals surface area contributed by atoms with Crippen molar-refractivity contribution in [3.63, 3.8) is 0 Å². The van der Waals surface area contributed by atoms with Gasteiger partial charge in [0.15, 0.2) is 6.54 Å². The summed E-state index contributed by atoms with van der Waals surface area (Å²) in [4.78, 5) is 22.6. The van der Waals surface area contributed by atoms with Crippen LogP contribution >= 0.6 is 23.2 Å². The summed E-state index contributed by atoms with van der Waals surface area (Å²) in [7, 11) is 2.05. The second kappa shape index (κ2) is 8.17. The van der Waals surface area contributed by atoms with Crippen LogP contribution in [-0.4, -0.2) is 46.9 Å². The molecule has 1 aliphatic heterocycles. The number of carboxylic acid groups (broad SMARTS) is 1. The van der Waals surface area contributed by atoms with Crippen molar-refractivity contribution in [3.05, 3.63) is 63.1 Å². The summed E-state index contributed by atoms with van der Waals surface area (Å²) >= 11 is 12.6. The highest BCUT2D eigenvalue weighted by molar-refractivity contribution is 6.35. The summed E-state index contributed by atoms with van der Waals surface area (Å²) in [6, 6.07) is 10.7. The number of carbonyl (C=O) groups is 1. The Morgan fingerprint density at radius 2 is 2.00 bits per heavy atom. The number of aliphatic hydroxyl groups excluding tert-OH is 1. The zero-order valence-electron chi connectivity index (χ0n) is 14.7. The number of rotatable bonds is 4. The molecular formula is C19H20Cl2N3O3+. The monoisotopic (exact) mass is 408 g/mol. The highest BCUT2D eigenvalue weighted by Crippen LogP contribution is 2.38. The highest BCUT2D eigenvalue weighted by atomic mass is 35.5. The second-order valence-electron chi connectivity index (χ2n) is 6.55. The van der Waals surface area contributed by atoms with Gasteiger partial charge in [-0.1, -0.05) is 35.3 Å². The van der Waals surface area contributed by atoms with Crippen molar-refractivity contribution in [2.45, 2.75) is 12.5 Å². The van der Waals surface area contributed by atoms with E-state index in [2.05, 4.69) is 22.6 Å². The van der Waals surface area contributed by atoms with E-state index in [-0.39, 0.29) is 12.5 Å². The molecule has 4 N–H and O–H groups in total. The minimum Gasteiger partial charge on any atom is -0.338 e. The Morgan fingerprint density at radius 3 is 2.67 bits per heavy atom. The van der Waals surface area contributed by atoms with Crippen molar-refractivity contribution in [2.75, 3.05) is 25.5 Å². The van der Waals surface area contributed by atoms with E-state index in [1.165, 1.54) is 0 Å². The molecule has 1 heterocycles. The van der Waals surface area contributed by atoms with Gasteiger partial charge < -0.3 is 25.4 Å². The van der Waals surface area contributed by atoms with E-state index in [1.54, 1.807) is 18.2 Å². The Bertz CT molecular complexity index is 871. The fourth-order valence-corrected chi connectivity index (χ4v) is 3.83. The maximum Gasteiger partial charge on any atom is 0.500 e. The average Bonchev–Trinajstić information content (AvgIpc) is 2.61. The standard InChI is InChI=1S/C19H19Cl2N3O3/c1-24-9-15(14-6-12(20)7-17(21)16(14)10-24)11-2-4-13(5-3-11)23-19(27)22-8-18(25)26/h2-7,15H,8-10H2,1H3,(H,25,26)(H2,22,23,27)/p+1.